The summed E-state index contributed by atoms with van der Waals surface area (Å²) < 4.78 is 4.82. The fraction of sp³-hybridized carbons (Fsp3) is 0.700. The molecule has 0 aliphatic rings. The van der Waals surface area contributed by atoms with Gasteiger partial charge in [-0.15, -0.1) is 6.42 Å². The highest BCUT2D eigenvalue weighted by Gasteiger charge is 2.21. The Hall–Kier alpha value is -1.01. The second-order valence-corrected chi connectivity index (χ2v) is 3.39. The molecule has 3 heteroatoms. The van der Waals surface area contributed by atoms with Crippen molar-refractivity contribution in [1.29, 1.82) is 0 Å². The van der Waals surface area contributed by atoms with E-state index in [1.54, 1.807) is 13.8 Å². The zero-order valence-corrected chi connectivity index (χ0v) is 8.68. The number of esters is 1. The average Bonchev–Trinajstić information content (AvgIpc) is 2.04. The Morgan fingerprint density at radius 3 is 2.62 bits per heavy atom. The maximum absolute atomic E-state index is 11.2. The van der Waals surface area contributed by atoms with Gasteiger partial charge < -0.3 is 4.74 Å². The zero-order chi connectivity index (χ0) is 10.5. The number of terminal acetylenes is 1. The highest BCUT2D eigenvalue weighted by molar-refractivity contribution is 5.75. The third-order valence-corrected chi connectivity index (χ3v) is 1.58. The van der Waals surface area contributed by atoms with E-state index in [9.17, 15) is 4.79 Å². The Morgan fingerprint density at radius 1 is 1.69 bits per heavy atom. The minimum absolute atomic E-state index is 0.272. The van der Waals surface area contributed by atoms with E-state index in [-0.39, 0.29) is 12.0 Å². The third-order valence-electron chi connectivity index (χ3n) is 1.58. The fourth-order valence-electron chi connectivity index (χ4n) is 0.909. The van der Waals surface area contributed by atoms with Gasteiger partial charge in [-0.1, -0.05) is 5.92 Å². The molecule has 0 spiro atoms. The summed E-state index contributed by atoms with van der Waals surface area (Å²) in [5.74, 6) is 2.28. The summed E-state index contributed by atoms with van der Waals surface area (Å²) >= 11 is 0. The number of carbonyl (C=O) groups is 1. The molecule has 0 aliphatic heterocycles. The second-order valence-electron chi connectivity index (χ2n) is 3.39. The van der Waals surface area contributed by atoms with E-state index < -0.39 is 5.54 Å². The second kappa shape index (κ2) is 4.88. The number of hydrogen-bond acceptors (Lipinski definition) is 3. The average molecular weight is 183 g/mol. The Labute approximate surface area is 79.8 Å². The van der Waals surface area contributed by atoms with Gasteiger partial charge in [0.2, 0.25) is 0 Å². The molecule has 1 atom stereocenters. The summed E-state index contributed by atoms with van der Waals surface area (Å²) in [5.41, 5.74) is -0.480. The molecule has 0 aliphatic carbocycles. The Morgan fingerprint density at radius 2 is 2.23 bits per heavy atom. The molecule has 0 aromatic rings. The third kappa shape index (κ3) is 4.54. The van der Waals surface area contributed by atoms with Gasteiger partial charge in [-0.25, -0.2) is 0 Å². The van der Waals surface area contributed by atoms with Crippen LogP contribution in [0.15, 0.2) is 0 Å². The molecule has 1 unspecified atom stereocenters. The van der Waals surface area contributed by atoms with Crippen molar-refractivity contribution in [2.75, 3.05) is 6.61 Å². The van der Waals surface area contributed by atoms with Crippen molar-refractivity contribution < 1.29 is 9.53 Å². The van der Waals surface area contributed by atoms with Gasteiger partial charge in [0.15, 0.2) is 0 Å². The van der Waals surface area contributed by atoms with Crippen LogP contribution in [0, 0.1) is 12.3 Å². The van der Waals surface area contributed by atoms with Crippen molar-refractivity contribution in [3.63, 3.8) is 0 Å². The first-order valence-corrected chi connectivity index (χ1v) is 4.35. The summed E-state index contributed by atoms with van der Waals surface area (Å²) in [6, 6.07) is -0.369. The molecular weight excluding hydrogens is 166 g/mol. The van der Waals surface area contributed by atoms with Gasteiger partial charge >= 0.3 is 5.97 Å². The summed E-state index contributed by atoms with van der Waals surface area (Å²) in [7, 11) is 0. The smallest absolute Gasteiger partial charge is 0.322 e. The van der Waals surface area contributed by atoms with Crippen molar-refractivity contribution >= 4 is 5.97 Å². The van der Waals surface area contributed by atoms with E-state index in [0.29, 0.717) is 6.61 Å². The minimum atomic E-state index is -0.480. The monoisotopic (exact) mass is 183 g/mol. The number of rotatable bonds is 4. The first-order chi connectivity index (χ1) is 5.93. The molecule has 3 nitrogen and oxygen atoms in total. The van der Waals surface area contributed by atoms with Crippen LogP contribution in [0.25, 0.3) is 0 Å². The van der Waals surface area contributed by atoms with Gasteiger partial charge in [0.25, 0.3) is 0 Å². The molecule has 0 radical (unpaired) electrons. The van der Waals surface area contributed by atoms with E-state index in [0.717, 1.165) is 0 Å². The molecule has 0 rings (SSSR count). The predicted octanol–water partition coefficient (Wildman–Crippen LogP) is 0.939. The van der Waals surface area contributed by atoms with Crippen LogP contribution >= 0.6 is 0 Å². The lowest BCUT2D eigenvalue weighted by molar-refractivity contribution is -0.145. The lowest BCUT2D eigenvalue weighted by Gasteiger charge is -2.23. The van der Waals surface area contributed by atoms with Gasteiger partial charge in [0.1, 0.15) is 6.04 Å². The van der Waals surface area contributed by atoms with Crippen LogP contribution in [-0.2, 0) is 9.53 Å². The summed E-state index contributed by atoms with van der Waals surface area (Å²) in [6.45, 7) is 7.57. The van der Waals surface area contributed by atoms with Crippen molar-refractivity contribution in [1.82, 2.24) is 5.32 Å². The van der Waals surface area contributed by atoms with Crippen molar-refractivity contribution in [2.45, 2.75) is 39.3 Å². The highest BCUT2D eigenvalue weighted by Crippen LogP contribution is 2.02. The molecule has 0 heterocycles. The maximum atomic E-state index is 11.2. The minimum Gasteiger partial charge on any atom is -0.465 e. The van der Waals surface area contributed by atoms with Crippen LogP contribution in [-0.4, -0.2) is 24.2 Å². The largest absolute Gasteiger partial charge is 0.465 e. The number of nitrogens with one attached hydrogen (secondary N) is 1. The van der Waals surface area contributed by atoms with Gasteiger partial charge in [-0.05, 0) is 27.7 Å². The van der Waals surface area contributed by atoms with Crippen LogP contribution in [0.3, 0.4) is 0 Å². The molecular formula is C10H17NO2. The highest BCUT2D eigenvalue weighted by atomic mass is 16.5. The van der Waals surface area contributed by atoms with E-state index in [2.05, 4.69) is 11.2 Å². The first kappa shape index (κ1) is 12.0. The van der Waals surface area contributed by atoms with Crippen LogP contribution in [0.5, 0.6) is 0 Å². The van der Waals surface area contributed by atoms with E-state index in [1.807, 2.05) is 13.8 Å². The predicted molar refractivity (Wildman–Crippen MR) is 52.1 cm³/mol. The summed E-state index contributed by atoms with van der Waals surface area (Å²) in [5, 5.41) is 2.98. The molecule has 0 bridgehead atoms. The van der Waals surface area contributed by atoms with Gasteiger partial charge in [-0.3, -0.25) is 10.1 Å². The van der Waals surface area contributed by atoms with E-state index in [4.69, 9.17) is 11.2 Å². The lowest BCUT2D eigenvalue weighted by Crippen LogP contribution is -2.47. The zero-order valence-electron chi connectivity index (χ0n) is 8.68. The van der Waals surface area contributed by atoms with Gasteiger partial charge in [0.05, 0.1) is 12.1 Å². The van der Waals surface area contributed by atoms with Gasteiger partial charge in [0, 0.05) is 0 Å². The molecule has 0 fully saturated rings. The Kier molecular flexibility index (Phi) is 4.50. The van der Waals surface area contributed by atoms with Crippen molar-refractivity contribution in [3.8, 4) is 12.3 Å². The quantitative estimate of drug-likeness (QED) is 0.520. The standard InChI is InChI=1S/C10H17NO2/c1-6-10(4,5)11-8(3)9(12)13-7-2/h1,8,11H,7H2,2-5H3. The summed E-state index contributed by atoms with van der Waals surface area (Å²) in [4.78, 5) is 11.2. The van der Waals surface area contributed by atoms with Crippen LogP contribution < -0.4 is 5.32 Å². The van der Waals surface area contributed by atoms with E-state index >= 15 is 0 Å². The molecule has 74 valence electrons. The Balaban J connectivity index is 4.08. The molecule has 1 N–H and O–H groups in total. The SMILES string of the molecule is C#CC(C)(C)NC(C)C(=O)OCC. The molecule has 0 saturated carbocycles. The van der Waals surface area contributed by atoms with Crippen LogP contribution in [0.2, 0.25) is 0 Å². The van der Waals surface area contributed by atoms with Crippen molar-refractivity contribution in [3.05, 3.63) is 0 Å². The first-order valence-electron chi connectivity index (χ1n) is 4.35. The summed E-state index contributed by atoms with van der Waals surface area (Å²) in [6.07, 6.45) is 5.26. The van der Waals surface area contributed by atoms with Gasteiger partial charge in [-0.2, -0.15) is 0 Å². The topological polar surface area (TPSA) is 38.3 Å². The normalized spacial score (nSPS) is 13.2. The number of carbonyl (C=O) groups excluding carboxylic acids is 1. The van der Waals surface area contributed by atoms with Crippen molar-refractivity contribution in [2.24, 2.45) is 0 Å². The maximum Gasteiger partial charge on any atom is 0.322 e. The van der Waals surface area contributed by atoms with Crippen LogP contribution in [0.4, 0.5) is 0 Å². The lowest BCUT2D eigenvalue weighted by atomic mass is 10.1. The van der Waals surface area contributed by atoms with Crippen LogP contribution in [0.1, 0.15) is 27.7 Å². The number of hydrogen-bond donors (Lipinski definition) is 1. The number of ether oxygens (including phenoxy) is 1. The molecule has 13 heavy (non-hydrogen) atoms. The fourth-order valence-corrected chi connectivity index (χ4v) is 0.909. The molecule has 0 amide bonds. The van der Waals surface area contributed by atoms with E-state index in [1.165, 1.54) is 0 Å². The molecule has 0 aromatic carbocycles. The Bertz CT molecular complexity index is 215. The molecule has 0 aromatic heterocycles. The molecule has 0 saturated heterocycles.